The van der Waals surface area contributed by atoms with Gasteiger partial charge in [0, 0.05) is 30.6 Å². The normalized spacial score (nSPS) is 32.8. The maximum absolute atomic E-state index is 14.1. The molecule has 8 atom stereocenters. The Kier molecular flexibility index (Phi) is 12.2. The maximum Gasteiger partial charge on any atom is 0.331 e. The number of benzene rings is 2. The molecule has 3 saturated carbocycles. The van der Waals surface area contributed by atoms with E-state index in [1.165, 1.54) is 32.3 Å². The molecule has 0 bridgehead atoms. The predicted molar refractivity (Wildman–Crippen MR) is 222 cm³/mol. The number of carbonyl (C=O) groups is 4. The van der Waals surface area contributed by atoms with Crippen LogP contribution in [0.2, 0.25) is 0 Å². The summed E-state index contributed by atoms with van der Waals surface area (Å²) in [6.45, 7) is 10.7. The van der Waals surface area contributed by atoms with Crippen molar-refractivity contribution in [1.29, 1.82) is 0 Å². The van der Waals surface area contributed by atoms with Crippen LogP contribution in [0.3, 0.4) is 0 Å². The van der Waals surface area contributed by atoms with E-state index in [2.05, 4.69) is 0 Å². The molecule has 2 aromatic rings. The van der Waals surface area contributed by atoms with Crippen molar-refractivity contribution < 1.29 is 53.1 Å². The molecule has 11 nitrogen and oxygen atoms in total. The Bertz CT molecular complexity index is 2100. The van der Waals surface area contributed by atoms with Gasteiger partial charge in [0.05, 0.1) is 19.6 Å². The number of Topliss-reactive ketones (excluding diaryl/α,β-unsaturated/α-hetero) is 1. The van der Waals surface area contributed by atoms with Crippen molar-refractivity contribution in [2.24, 2.45) is 22.7 Å². The first-order chi connectivity index (χ1) is 27.9. The summed E-state index contributed by atoms with van der Waals surface area (Å²) in [6.07, 6.45) is 8.91. The molecule has 3 fully saturated rings. The van der Waals surface area contributed by atoms with Gasteiger partial charge < -0.3 is 33.9 Å². The Morgan fingerprint density at radius 1 is 0.814 bits per heavy atom. The summed E-state index contributed by atoms with van der Waals surface area (Å²) in [7, 11) is 3.12. The number of ketones is 1. The fraction of sp³-hybridized carbons (Fsp3) is 0.500. The van der Waals surface area contributed by atoms with Gasteiger partial charge in [0.25, 0.3) is 0 Å². The standard InChI is InChI=1S/C48H58O11/c1-30(2)31(3)25-43(52)58-40-29-39-44(5)21-20-38(57-41(50)17-15-33-11-9-13-36(26-33)55-7)28-35(44)19-22-46(39,53)48(54)24-23-47(32(4)49,45(40,48)6)59-42(51)18-16-34-12-10-14-37(27-34)56-8/h9-19,25-27,30,38-40,53-54H,20-24,28-29H2,1-8H3/b17-15+,18-16+,31-25+/t38-,39+,40+,44-,45+,46-,47+,48+/m0/s1. The van der Waals surface area contributed by atoms with Gasteiger partial charge in [-0.3, -0.25) is 4.79 Å². The fourth-order valence-corrected chi connectivity index (χ4v) is 10.4. The average Bonchev–Trinajstić information content (AvgIpc) is 3.45. The summed E-state index contributed by atoms with van der Waals surface area (Å²) in [5.74, 6) is -1.81. The second kappa shape index (κ2) is 16.6. The lowest BCUT2D eigenvalue weighted by Crippen LogP contribution is -2.78. The number of fused-ring (bicyclic) bond motifs is 5. The third-order valence-corrected chi connectivity index (χ3v) is 14.2. The molecule has 0 heterocycles. The number of ether oxygens (including phenoxy) is 5. The Hall–Kier alpha value is -5.00. The summed E-state index contributed by atoms with van der Waals surface area (Å²) in [6, 6.07) is 14.4. The number of rotatable bonds is 12. The number of allylic oxidation sites excluding steroid dienone is 1. The summed E-state index contributed by atoms with van der Waals surface area (Å²) < 4.78 is 29.1. The third-order valence-electron chi connectivity index (χ3n) is 14.2. The van der Waals surface area contributed by atoms with Gasteiger partial charge in [-0.05, 0) is 118 Å². The van der Waals surface area contributed by atoms with Gasteiger partial charge in [0.15, 0.2) is 11.4 Å². The Morgan fingerprint density at radius 2 is 1.42 bits per heavy atom. The van der Waals surface area contributed by atoms with E-state index in [9.17, 15) is 29.4 Å². The second-order valence-electron chi connectivity index (χ2n) is 17.4. The molecule has 0 radical (unpaired) electrons. The average molecular weight is 811 g/mol. The highest BCUT2D eigenvalue weighted by molar-refractivity contribution is 5.94. The molecule has 11 heteroatoms. The fourth-order valence-electron chi connectivity index (χ4n) is 10.4. The van der Waals surface area contributed by atoms with Gasteiger partial charge in [0.2, 0.25) is 0 Å². The first-order valence-corrected chi connectivity index (χ1v) is 20.5. The monoisotopic (exact) mass is 810 g/mol. The van der Waals surface area contributed by atoms with Crippen molar-refractivity contribution in [3.05, 3.63) is 95.1 Å². The van der Waals surface area contributed by atoms with Crippen molar-refractivity contribution in [1.82, 2.24) is 0 Å². The van der Waals surface area contributed by atoms with E-state index >= 15 is 0 Å². The van der Waals surface area contributed by atoms with Gasteiger partial charge in [0.1, 0.15) is 34.9 Å². The first kappa shape index (κ1) is 43.6. The molecule has 0 unspecified atom stereocenters. The molecular formula is C48H58O11. The largest absolute Gasteiger partial charge is 0.497 e. The Balaban J connectivity index is 1.33. The van der Waals surface area contributed by atoms with Crippen LogP contribution in [-0.2, 0) is 33.4 Å². The minimum absolute atomic E-state index is 0.0236. The summed E-state index contributed by atoms with van der Waals surface area (Å²) in [4.78, 5) is 54.6. The van der Waals surface area contributed by atoms with Gasteiger partial charge >= 0.3 is 17.9 Å². The van der Waals surface area contributed by atoms with Crippen LogP contribution in [0, 0.1) is 22.7 Å². The lowest BCUT2D eigenvalue weighted by molar-refractivity contribution is -0.315. The van der Waals surface area contributed by atoms with Crippen LogP contribution < -0.4 is 9.47 Å². The molecule has 2 aromatic carbocycles. The summed E-state index contributed by atoms with van der Waals surface area (Å²) in [5.41, 5.74) is -5.08. The van der Waals surface area contributed by atoms with E-state index in [-0.39, 0.29) is 31.6 Å². The highest BCUT2D eigenvalue weighted by atomic mass is 16.6. The van der Waals surface area contributed by atoms with Crippen molar-refractivity contribution >= 4 is 35.8 Å². The molecule has 4 aliphatic rings. The van der Waals surface area contributed by atoms with Crippen LogP contribution in [0.1, 0.15) is 97.6 Å². The molecule has 0 amide bonds. The summed E-state index contributed by atoms with van der Waals surface area (Å²) in [5, 5.41) is 26.4. The number of hydrogen-bond donors (Lipinski definition) is 2. The van der Waals surface area contributed by atoms with E-state index in [1.807, 2.05) is 58.0 Å². The van der Waals surface area contributed by atoms with Crippen molar-refractivity contribution in [2.45, 2.75) is 115 Å². The highest BCUT2D eigenvalue weighted by Gasteiger charge is 2.83. The summed E-state index contributed by atoms with van der Waals surface area (Å²) >= 11 is 0. The van der Waals surface area contributed by atoms with Crippen LogP contribution in [0.15, 0.2) is 84.0 Å². The van der Waals surface area contributed by atoms with Gasteiger partial charge in [-0.2, -0.15) is 0 Å². The third kappa shape index (κ3) is 7.68. The number of hydrogen-bond acceptors (Lipinski definition) is 11. The number of carbonyl (C=O) groups excluding carboxylic acids is 4. The molecule has 4 aliphatic carbocycles. The van der Waals surface area contributed by atoms with E-state index < -0.39 is 69.5 Å². The van der Waals surface area contributed by atoms with E-state index in [4.69, 9.17) is 23.7 Å². The second-order valence-corrected chi connectivity index (χ2v) is 17.4. The Labute approximate surface area is 347 Å². The topological polar surface area (TPSA) is 155 Å². The molecule has 6 rings (SSSR count). The van der Waals surface area contributed by atoms with Crippen molar-refractivity contribution in [3.63, 3.8) is 0 Å². The predicted octanol–water partition coefficient (Wildman–Crippen LogP) is 7.53. The smallest absolute Gasteiger partial charge is 0.331 e. The van der Waals surface area contributed by atoms with Crippen molar-refractivity contribution in [2.75, 3.05) is 14.2 Å². The SMILES string of the molecule is COc1cccc(/C=C/C(=O)O[C@H]2CC[C@@]3(C)C(=CC[C@]4(O)[C@@H]3C[C@@H](OC(=O)/C=C(\C)C(C)C)[C@@]3(C)[C@]4(O)CC[C@@]3(OC(=O)/C=C/c3cccc(OC)c3)C(C)=O)C2)c1. The zero-order chi connectivity index (χ0) is 43.0. The molecule has 0 aromatic heterocycles. The Morgan fingerprint density at radius 3 is 2.00 bits per heavy atom. The van der Waals surface area contributed by atoms with Crippen LogP contribution in [0.5, 0.6) is 11.5 Å². The minimum Gasteiger partial charge on any atom is -0.497 e. The van der Waals surface area contributed by atoms with Crippen LogP contribution in [0.25, 0.3) is 12.2 Å². The molecule has 316 valence electrons. The molecule has 2 N–H and O–H groups in total. The van der Waals surface area contributed by atoms with E-state index in [0.717, 1.165) is 16.7 Å². The lowest BCUT2D eigenvalue weighted by Gasteiger charge is -2.67. The van der Waals surface area contributed by atoms with Gasteiger partial charge in [-0.15, -0.1) is 0 Å². The zero-order valence-electron chi connectivity index (χ0n) is 35.4. The van der Waals surface area contributed by atoms with E-state index in [1.54, 1.807) is 50.5 Å². The first-order valence-electron chi connectivity index (χ1n) is 20.5. The van der Waals surface area contributed by atoms with E-state index in [0.29, 0.717) is 36.3 Å². The molecular weight excluding hydrogens is 753 g/mol. The number of esters is 3. The van der Waals surface area contributed by atoms with Crippen molar-refractivity contribution in [3.8, 4) is 11.5 Å². The molecule has 0 spiro atoms. The molecule has 0 saturated heterocycles. The molecule has 59 heavy (non-hydrogen) atoms. The number of aliphatic hydroxyl groups is 2. The molecule has 0 aliphatic heterocycles. The number of methoxy groups -OCH3 is 2. The van der Waals surface area contributed by atoms with Crippen LogP contribution >= 0.6 is 0 Å². The lowest BCUT2D eigenvalue weighted by atomic mass is 9.42. The quantitative estimate of drug-likeness (QED) is 0.0947. The minimum atomic E-state index is -2.05. The van der Waals surface area contributed by atoms with Gasteiger partial charge in [-0.1, -0.05) is 62.3 Å². The van der Waals surface area contributed by atoms with Gasteiger partial charge in [-0.25, -0.2) is 14.4 Å². The van der Waals surface area contributed by atoms with Crippen LogP contribution in [0.4, 0.5) is 0 Å². The highest BCUT2D eigenvalue weighted by Crippen LogP contribution is 2.71. The maximum atomic E-state index is 14.1. The zero-order valence-corrected chi connectivity index (χ0v) is 35.4. The van der Waals surface area contributed by atoms with Crippen LogP contribution in [-0.4, -0.2) is 77.1 Å².